The van der Waals surface area contributed by atoms with Gasteiger partial charge < -0.3 is 4.90 Å². The molecular formula is C20H20N2OS2. The van der Waals surface area contributed by atoms with Gasteiger partial charge in [-0.15, -0.1) is 0 Å². The molecule has 1 saturated heterocycles. The molecule has 0 aromatic heterocycles. The minimum Gasteiger partial charge on any atom is -0.378 e. The molecule has 1 aliphatic rings. The molecule has 0 spiro atoms. The molecule has 0 atom stereocenters. The second-order valence-electron chi connectivity index (χ2n) is 6.29. The van der Waals surface area contributed by atoms with Crippen molar-refractivity contribution >= 4 is 51.7 Å². The van der Waals surface area contributed by atoms with Gasteiger partial charge in [-0.3, -0.25) is 9.69 Å². The zero-order chi connectivity index (χ0) is 18.1. The Morgan fingerprint density at radius 1 is 1.08 bits per heavy atom. The summed E-state index contributed by atoms with van der Waals surface area (Å²) in [5, 5.41) is 0. The molecule has 0 aliphatic carbocycles. The van der Waals surface area contributed by atoms with Crippen molar-refractivity contribution in [2.75, 3.05) is 23.9 Å². The molecule has 25 heavy (non-hydrogen) atoms. The summed E-state index contributed by atoms with van der Waals surface area (Å²) in [6, 6.07) is 14.1. The van der Waals surface area contributed by atoms with Crippen molar-refractivity contribution in [3.8, 4) is 0 Å². The van der Waals surface area contributed by atoms with Gasteiger partial charge in [-0.2, -0.15) is 0 Å². The molecule has 2 aromatic rings. The van der Waals surface area contributed by atoms with E-state index in [-0.39, 0.29) is 5.91 Å². The Hall–Kier alpha value is -2.11. The van der Waals surface area contributed by atoms with Crippen molar-refractivity contribution in [3.05, 3.63) is 64.1 Å². The summed E-state index contributed by atoms with van der Waals surface area (Å²) in [6.45, 7) is 4.04. The van der Waals surface area contributed by atoms with Gasteiger partial charge in [-0.1, -0.05) is 53.8 Å². The molecular weight excluding hydrogens is 348 g/mol. The number of thiocarbonyl (C=S) groups is 1. The van der Waals surface area contributed by atoms with Crippen LogP contribution in [0.4, 0.5) is 11.4 Å². The first-order chi connectivity index (χ1) is 11.9. The summed E-state index contributed by atoms with van der Waals surface area (Å²) in [4.78, 5) is 17.2. The van der Waals surface area contributed by atoms with E-state index < -0.39 is 0 Å². The molecule has 5 heteroatoms. The van der Waals surface area contributed by atoms with E-state index in [1.807, 2.05) is 75.3 Å². The van der Waals surface area contributed by atoms with Crippen LogP contribution in [0.2, 0.25) is 0 Å². The Kier molecular flexibility index (Phi) is 4.97. The smallest absolute Gasteiger partial charge is 0.270 e. The van der Waals surface area contributed by atoms with E-state index >= 15 is 0 Å². The van der Waals surface area contributed by atoms with Gasteiger partial charge in [0.25, 0.3) is 5.91 Å². The monoisotopic (exact) mass is 368 g/mol. The quantitative estimate of drug-likeness (QED) is 0.575. The molecule has 0 radical (unpaired) electrons. The van der Waals surface area contributed by atoms with Gasteiger partial charge in [-0.25, -0.2) is 0 Å². The van der Waals surface area contributed by atoms with Crippen LogP contribution in [-0.4, -0.2) is 24.3 Å². The van der Waals surface area contributed by atoms with Crippen molar-refractivity contribution < 1.29 is 4.79 Å². The molecule has 1 aliphatic heterocycles. The molecule has 1 fully saturated rings. The van der Waals surface area contributed by atoms with Gasteiger partial charge in [0.05, 0.1) is 10.6 Å². The fourth-order valence-corrected chi connectivity index (χ4v) is 4.04. The summed E-state index contributed by atoms with van der Waals surface area (Å²) in [6.07, 6.45) is 1.91. The number of carbonyl (C=O) groups is 1. The Labute approximate surface area is 158 Å². The first kappa shape index (κ1) is 17.7. The number of anilines is 2. The van der Waals surface area contributed by atoms with Crippen LogP contribution in [0.5, 0.6) is 0 Å². The summed E-state index contributed by atoms with van der Waals surface area (Å²) in [5.74, 6) is -0.0568. The number of carbonyl (C=O) groups excluding carboxylic acids is 1. The van der Waals surface area contributed by atoms with Crippen molar-refractivity contribution in [1.82, 2.24) is 0 Å². The Balaban J connectivity index is 1.90. The lowest BCUT2D eigenvalue weighted by Gasteiger charge is -2.17. The lowest BCUT2D eigenvalue weighted by molar-refractivity contribution is -0.113. The van der Waals surface area contributed by atoms with Gasteiger partial charge >= 0.3 is 0 Å². The van der Waals surface area contributed by atoms with Gasteiger partial charge in [0.15, 0.2) is 4.32 Å². The average Bonchev–Trinajstić information content (AvgIpc) is 2.82. The summed E-state index contributed by atoms with van der Waals surface area (Å²) < 4.78 is 0.577. The van der Waals surface area contributed by atoms with Crippen LogP contribution in [0, 0.1) is 13.8 Å². The summed E-state index contributed by atoms with van der Waals surface area (Å²) >= 11 is 6.81. The number of hydrogen-bond donors (Lipinski definition) is 0. The third kappa shape index (κ3) is 3.62. The van der Waals surface area contributed by atoms with Crippen molar-refractivity contribution in [1.29, 1.82) is 0 Å². The van der Waals surface area contributed by atoms with E-state index in [2.05, 4.69) is 6.07 Å². The molecule has 1 amide bonds. The minimum atomic E-state index is -0.0568. The van der Waals surface area contributed by atoms with Crippen molar-refractivity contribution in [2.45, 2.75) is 13.8 Å². The Morgan fingerprint density at radius 3 is 2.36 bits per heavy atom. The number of rotatable bonds is 3. The van der Waals surface area contributed by atoms with Crippen LogP contribution in [0.15, 0.2) is 47.4 Å². The van der Waals surface area contributed by atoms with E-state index in [4.69, 9.17) is 12.2 Å². The predicted molar refractivity (Wildman–Crippen MR) is 112 cm³/mol. The summed E-state index contributed by atoms with van der Waals surface area (Å²) in [7, 11) is 4.01. The summed E-state index contributed by atoms with van der Waals surface area (Å²) in [5.41, 5.74) is 5.20. The highest BCUT2D eigenvalue weighted by atomic mass is 32.2. The van der Waals surface area contributed by atoms with Gasteiger partial charge in [0.1, 0.15) is 0 Å². The lowest BCUT2D eigenvalue weighted by atomic mass is 10.1. The standard InChI is InChI=1S/C20H20N2OS2/c1-13-5-10-17(14(2)11-13)22-19(23)18(25-20(22)24)12-15-6-8-16(9-7-15)21(3)4/h5-12H,1-4H3/b18-12-. The maximum atomic E-state index is 12.9. The second kappa shape index (κ2) is 7.02. The second-order valence-corrected chi connectivity index (χ2v) is 7.97. The van der Waals surface area contributed by atoms with Crippen LogP contribution < -0.4 is 9.80 Å². The third-order valence-electron chi connectivity index (χ3n) is 4.09. The molecule has 1 heterocycles. The van der Waals surface area contributed by atoms with Gasteiger partial charge in [-0.05, 0) is 49.2 Å². The van der Waals surface area contributed by atoms with E-state index in [1.165, 1.54) is 17.3 Å². The highest BCUT2D eigenvalue weighted by Gasteiger charge is 2.33. The Morgan fingerprint density at radius 2 is 1.76 bits per heavy atom. The predicted octanol–water partition coefficient (Wildman–Crippen LogP) is 4.78. The minimum absolute atomic E-state index is 0.0568. The number of benzene rings is 2. The topological polar surface area (TPSA) is 23.6 Å². The van der Waals surface area contributed by atoms with E-state index in [1.54, 1.807) is 4.90 Å². The molecule has 0 unspecified atom stereocenters. The average molecular weight is 369 g/mol. The molecule has 3 rings (SSSR count). The lowest BCUT2D eigenvalue weighted by Crippen LogP contribution is -2.28. The first-order valence-corrected chi connectivity index (χ1v) is 9.22. The van der Waals surface area contributed by atoms with Gasteiger partial charge in [0.2, 0.25) is 0 Å². The fraction of sp³-hybridized carbons (Fsp3) is 0.200. The molecule has 3 nitrogen and oxygen atoms in total. The van der Waals surface area contributed by atoms with Crippen molar-refractivity contribution in [3.63, 3.8) is 0 Å². The molecule has 0 N–H and O–H groups in total. The molecule has 2 aromatic carbocycles. The highest BCUT2D eigenvalue weighted by molar-refractivity contribution is 8.27. The van der Waals surface area contributed by atoms with E-state index in [9.17, 15) is 4.79 Å². The number of hydrogen-bond acceptors (Lipinski definition) is 4. The third-order valence-corrected chi connectivity index (χ3v) is 5.40. The molecule has 0 saturated carbocycles. The van der Waals surface area contributed by atoms with Crippen molar-refractivity contribution in [2.24, 2.45) is 0 Å². The number of thioether (sulfide) groups is 1. The van der Waals surface area contributed by atoms with Crippen LogP contribution in [0.1, 0.15) is 16.7 Å². The van der Waals surface area contributed by atoms with E-state index in [0.29, 0.717) is 9.23 Å². The SMILES string of the molecule is Cc1ccc(N2C(=O)/C(=C/c3ccc(N(C)C)cc3)SC2=S)c(C)c1. The zero-order valence-electron chi connectivity index (χ0n) is 14.7. The maximum Gasteiger partial charge on any atom is 0.270 e. The van der Waals surface area contributed by atoms with Crippen LogP contribution in [-0.2, 0) is 4.79 Å². The van der Waals surface area contributed by atoms with E-state index in [0.717, 1.165) is 22.5 Å². The number of amides is 1. The normalized spacial score (nSPS) is 16.0. The van der Waals surface area contributed by atoms with Crippen LogP contribution in [0.25, 0.3) is 6.08 Å². The molecule has 0 bridgehead atoms. The van der Waals surface area contributed by atoms with Crippen LogP contribution >= 0.6 is 24.0 Å². The van der Waals surface area contributed by atoms with Gasteiger partial charge in [0, 0.05) is 19.8 Å². The zero-order valence-corrected chi connectivity index (χ0v) is 16.4. The maximum absolute atomic E-state index is 12.9. The number of aryl methyl sites for hydroxylation is 2. The fourth-order valence-electron chi connectivity index (χ4n) is 2.75. The van der Waals surface area contributed by atoms with Crippen LogP contribution in [0.3, 0.4) is 0 Å². The number of nitrogens with zero attached hydrogens (tertiary/aromatic N) is 2. The highest BCUT2D eigenvalue weighted by Crippen LogP contribution is 2.37. The Bertz CT molecular complexity index is 870. The molecule has 128 valence electrons. The first-order valence-electron chi connectivity index (χ1n) is 7.99. The largest absolute Gasteiger partial charge is 0.378 e.